The van der Waals surface area contributed by atoms with Crippen LogP contribution in [-0.2, 0) is 6.42 Å². The normalized spacial score (nSPS) is 12.8. The van der Waals surface area contributed by atoms with Crippen LogP contribution in [0.5, 0.6) is 0 Å². The number of anilines is 2. The van der Waals surface area contributed by atoms with Gasteiger partial charge in [0.2, 0.25) is 5.82 Å². The molecule has 148 valence electrons. The van der Waals surface area contributed by atoms with E-state index in [2.05, 4.69) is 10.3 Å². The lowest BCUT2D eigenvalue weighted by atomic mass is 10.2. The fraction of sp³-hybridized carbons (Fsp3) is 0.125. The van der Waals surface area contributed by atoms with Gasteiger partial charge in [-0.1, -0.05) is 42.5 Å². The summed E-state index contributed by atoms with van der Waals surface area (Å²) >= 11 is 0. The Balaban J connectivity index is 1.54. The van der Waals surface area contributed by atoms with Gasteiger partial charge in [0.25, 0.3) is 11.8 Å². The maximum atomic E-state index is 13.4. The number of fused-ring (bicyclic) bond motifs is 2. The molecule has 1 aliphatic heterocycles. The maximum absolute atomic E-state index is 13.4. The van der Waals surface area contributed by atoms with E-state index >= 15 is 0 Å². The molecule has 0 radical (unpaired) electrons. The van der Waals surface area contributed by atoms with Crippen molar-refractivity contribution in [3.05, 3.63) is 95.6 Å². The number of pyridine rings is 1. The molecule has 0 bridgehead atoms. The number of aryl methyl sites for hydroxylation is 1. The van der Waals surface area contributed by atoms with E-state index in [0.717, 1.165) is 28.9 Å². The number of rotatable bonds is 3. The van der Waals surface area contributed by atoms with Gasteiger partial charge in [0.05, 0.1) is 5.52 Å². The van der Waals surface area contributed by atoms with Gasteiger partial charge in [0.1, 0.15) is 0 Å². The summed E-state index contributed by atoms with van der Waals surface area (Å²) in [5.74, 6) is -0.366. The van der Waals surface area contributed by atoms with E-state index in [1.165, 1.54) is 0 Å². The van der Waals surface area contributed by atoms with Gasteiger partial charge in [-0.2, -0.15) is 0 Å². The molecule has 30 heavy (non-hydrogen) atoms. The molecule has 0 aliphatic carbocycles. The molecule has 6 heteroatoms. The second-order valence-corrected chi connectivity index (χ2v) is 7.34. The molecule has 4 aromatic rings. The lowest BCUT2D eigenvalue weighted by Gasteiger charge is -2.16. The first kappa shape index (κ1) is 18.1. The second-order valence-electron chi connectivity index (χ2n) is 7.34. The molecule has 0 unspecified atom stereocenters. The van der Waals surface area contributed by atoms with Crippen LogP contribution in [0.2, 0.25) is 0 Å². The van der Waals surface area contributed by atoms with Crippen LogP contribution in [0.4, 0.5) is 11.4 Å². The fourth-order valence-electron chi connectivity index (χ4n) is 3.92. The Morgan fingerprint density at radius 1 is 0.967 bits per heavy atom. The number of carbonyl (C=O) groups excluding carboxylic acids is 2. The van der Waals surface area contributed by atoms with Gasteiger partial charge in [-0.15, -0.1) is 0 Å². The predicted octanol–water partition coefficient (Wildman–Crippen LogP) is 4.10. The van der Waals surface area contributed by atoms with E-state index in [-0.39, 0.29) is 23.3 Å². The third-order valence-electron chi connectivity index (χ3n) is 5.48. The van der Waals surface area contributed by atoms with E-state index in [1.807, 2.05) is 73.7 Å². The first-order chi connectivity index (χ1) is 14.6. The monoisotopic (exact) mass is 396 g/mol. The van der Waals surface area contributed by atoms with E-state index < -0.39 is 0 Å². The zero-order valence-electron chi connectivity index (χ0n) is 16.5. The highest BCUT2D eigenvalue weighted by molar-refractivity contribution is 6.12. The molecular weight excluding hydrogens is 376 g/mol. The summed E-state index contributed by atoms with van der Waals surface area (Å²) in [6.45, 7) is 2.54. The number of para-hydroxylation sites is 2. The highest BCUT2D eigenvalue weighted by atomic mass is 16.2. The van der Waals surface area contributed by atoms with Crippen LogP contribution in [-0.4, -0.2) is 27.7 Å². The van der Waals surface area contributed by atoms with Crippen LogP contribution in [0.3, 0.4) is 0 Å². The van der Waals surface area contributed by atoms with E-state index in [4.69, 9.17) is 0 Å². The molecule has 2 aromatic carbocycles. The van der Waals surface area contributed by atoms with Crippen molar-refractivity contribution in [3.63, 3.8) is 0 Å². The highest BCUT2D eigenvalue weighted by Crippen LogP contribution is 2.29. The Hall–Kier alpha value is -3.93. The van der Waals surface area contributed by atoms with Crippen molar-refractivity contribution in [1.29, 1.82) is 0 Å². The number of nitrogens with zero attached hydrogens (tertiary/aromatic N) is 3. The quantitative estimate of drug-likeness (QED) is 0.567. The van der Waals surface area contributed by atoms with Crippen molar-refractivity contribution in [2.24, 2.45) is 0 Å². The number of imidazole rings is 1. The highest BCUT2D eigenvalue weighted by Gasteiger charge is 2.29. The Bertz CT molecular complexity index is 1290. The van der Waals surface area contributed by atoms with Crippen molar-refractivity contribution in [3.8, 4) is 0 Å². The van der Waals surface area contributed by atoms with Crippen LogP contribution in [0.1, 0.15) is 32.2 Å². The van der Waals surface area contributed by atoms with E-state index in [0.29, 0.717) is 12.1 Å². The minimum Gasteiger partial charge on any atom is -0.319 e. The number of benzene rings is 2. The molecule has 0 saturated carbocycles. The zero-order valence-corrected chi connectivity index (χ0v) is 16.5. The third-order valence-corrected chi connectivity index (χ3v) is 5.48. The molecular formula is C24H20N4O2. The molecule has 2 aromatic heterocycles. The summed E-state index contributed by atoms with van der Waals surface area (Å²) in [6.07, 6.45) is 2.57. The molecule has 2 amide bonds. The maximum Gasteiger partial charge on any atom is 0.292 e. The average molecular weight is 396 g/mol. The first-order valence-electron chi connectivity index (χ1n) is 9.87. The van der Waals surface area contributed by atoms with Crippen molar-refractivity contribution in [2.75, 3.05) is 16.8 Å². The Morgan fingerprint density at radius 2 is 1.73 bits per heavy atom. The zero-order chi connectivity index (χ0) is 20.7. The lowest BCUT2D eigenvalue weighted by Crippen LogP contribution is -2.29. The summed E-state index contributed by atoms with van der Waals surface area (Å²) in [5.41, 5.74) is 4.62. The van der Waals surface area contributed by atoms with Crippen molar-refractivity contribution in [1.82, 2.24) is 9.38 Å². The van der Waals surface area contributed by atoms with Crippen LogP contribution < -0.4 is 10.2 Å². The van der Waals surface area contributed by atoms with Crippen LogP contribution in [0.25, 0.3) is 5.52 Å². The standard InChI is InChI=1S/C24H20N4O2/c1-16-8-2-4-10-18(16)25-23(29)22-26-21(20-12-6-7-14-27(20)22)24(30)28-15-13-17-9-3-5-11-19(17)28/h2-12,14H,13,15H2,1H3,(H,25,29). The van der Waals surface area contributed by atoms with Gasteiger partial charge in [0, 0.05) is 24.1 Å². The van der Waals surface area contributed by atoms with Gasteiger partial charge < -0.3 is 10.2 Å². The fourth-order valence-corrected chi connectivity index (χ4v) is 3.92. The number of carbonyl (C=O) groups is 2. The number of amides is 2. The van der Waals surface area contributed by atoms with E-state index in [9.17, 15) is 9.59 Å². The molecule has 1 N–H and O–H groups in total. The van der Waals surface area contributed by atoms with Gasteiger partial charge in [0.15, 0.2) is 5.69 Å². The predicted molar refractivity (Wildman–Crippen MR) is 116 cm³/mol. The van der Waals surface area contributed by atoms with Crippen LogP contribution in [0.15, 0.2) is 72.9 Å². The summed E-state index contributed by atoms with van der Waals surface area (Å²) in [6, 6.07) is 20.9. The topological polar surface area (TPSA) is 66.7 Å². The number of hydrogen-bond acceptors (Lipinski definition) is 3. The number of hydrogen-bond donors (Lipinski definition) is 1. The number of nitrogens with one attached hydrogen (secondary N) is 1. The minimum atomic E-state index is -0.355. The van der Waals surface area contributed by atoms with Crippen molar-refractivity contribution in [2.45, 2.75) is 13.3 Å². The van der Waals surface area contributed by atoms with Crippen molar-refractivity contribution >= 4 is 28.7 Å². The molecule has 5 rings (SSSR count). The lowest BCUT2D eigenvalue weighted by molar-refractivity contribution is 0.0986. The van der Waals surface area contributed by atoms with Gasteiger partial charge in [-0.3, -0.25) is 14.0 Å². The van der Waals surface area contributed by atoms with Crippen molar-refractivity contribution < 1.29 is 9.59 Å². The first-order valence-corrected chi connectivity index (χ1v) is 9.87. The molecule has 0 spiro atoms. The third kappa shape index (κ3) is 2.93. The molecule has 3 heterocycles. The van der Waals surface area contributed by atoms with Gasteiger partial charge >= 0.3 is 0 Å². The molecule has 0 atom stereocenters. The Morgan fingerprint density at radius 3 is 2.60 bits per heavy atom. The van der Waals surface area contributed by atoms with Gasteiger partial charge in [-0.05, 0) is 48.7 Å². The second kappa shape index (κ2) is 7.15. The Labute approximate surface area is 173 Å². The van der Waals surface area contributed by atoms with Crippen LogP contribution in [0, 0.1) is 6.92 Å². The number of aromatic nitrogens is 2. The molecule has 1 aliphatic rings. The summed E-state index contributed by atoms with van der Waals surface area (Å²) in [5, 5.41) is 2.91. The summed E-state index contributed by atoms with van der Waals surface area (Å²) in [7, 11) is 0. The molecule has 0 fully saturated rings. The molecule has 0 saturated heterocycles. The Kier molecular flexibility index (Phi) is 4.32. The largest absolute Gasteiger partial charge is 0.319 e. The van der Waals surface area contributed by atoms with Crippen LogP contribution >= 0.6 is 0 Å². The smallest absolute Gasteiger partial charge is 0.292 e. The SMILES string of the molecule is Cc1ccccc1NC(=O)c1nc(C(=O)N2CCc3ccccc32)c2ccccn12. The summed E-state index contributed by atoms with van der Waals surface area (Å²) < 4.78 is 1.67. The minimum absolute atomic E-state index is 0.185. The molecule has 6 nitrogen and oxygen atoms in total. The summed E-state index contributed by atoms with van der Waals surface area (Å²) in [4.78, 5) is 32.6. The average Bonchev–Trinajstić information content (AvgIpc) is 3.37. The van der Waals surface area contributed by atoms with Gasteiger partial charge in [-0.25, -0.2) is 4.98 Å². The van der Waals surface area contributed by atoms with E-state index in [1.54, 1.807) is 15.5 Å².